The van der Waals surface area contributed by atoms with Gasteiger partial charge in [-0.1, -0.05) is 13.0 Å². The van der Waals surface area contributed by atoms with Gasteiger partial charge in [-0.2, -0.15) is 0 Å². The highest BCUT2D eigenvalue weighted by Crippen LogP contribution is 2.30. The van der Waals surface area contributed by atoms with Crippen molar-refractivity contribution in [1.82, 2.24) is 24.5 Å². The zero-order valence-electron chi connectivity index (χ0n) is 16.0. The van der Waals surface area contributed by atoms with E-state index in [1.165, 1.54) is 5.56 Å². The van der Waals surface area contributed by atoms with Crippen molar-refractivity contribution in [3.63, 3.8) is 0 Å². The first-order valence-electron chi connectivity index (χ1n) is 9.73. The van der Waals surface area contributed by atoms with Crippen LogP contribution in [0.15, 0.2) is 43.0 Å². The second kappa shape index (κ2) is 7.86. The maximum atomic E-state index is 4.75. The molecule has 1 aliphatic rings. The lowest BCUT2D eigenvalue weighted by Crippen LogP contribution is -2.36. The summed E-state index contributed by atoms with van der Waals surface area (Å²) in [7, 11) is 0. The van der Waals surface area contributed by atoms with Crippen molar-refractivity contribution in [1.29, 1.82) is 0 Å². The predicted octanol–water partition coefficient (Wildman–Crippen LogP) is 3.37. The summed E-state index contributed by atoms with van der Waals surface area (Å²) in [6, 6.07) is 6.05. The molecule has 1 atom stereocenters. The van der Waals surface area contributed by atoms with Gasteiger partial charge in [0.1, 0.15) is 17.5 Å². The van der Waals surface area contributed by atoms with Crippen LogP contribution in [0, 0.1) is 6.92 Å². The Kier molecular flexibility index (Phi) is 5.14. The van der Waals surface area contributed by atoms with Crippen molar-refractivity contribution >= 4 is 5.82 Å². The maximum Gasteiger partial charge on any atom is 0.135 e. The van der Waals surface area contributed by atoms with E-state index in [-0.39, 0.29) is 0 Å². The van der Waals surface area contributed by atoms with E-state index in [4.69, 9.17) is 9.97 Å². The van der Waals surface area contributed by atoms with Gasteiger partial charge in [-0.25, -0.2) is 15.0 Å². The molecule has 1 saturated heterocycles. The quantitative estimate of drug-likeness (QED) is 0.696. The third-order valence-corrected chi connectivity index (χ3v) is 5.24. The minimum absolute atomic E-state index is 0.400. The smallest absolute Gasteiger partial charge is 0.135 e. The van der Waals surface area contributed by atoms with Crippen LogP contribution < -0.4 is 4.90 Å². The topological polar surface area (TPSA) is 59.7 Å². The Morgan fingerprint density at radius 3 is 2.89 bits per heavy atom. The lowest BCUT2D eigenvalue weighted by molar-refractivity contribution is 0.472. The second-order valence-electron chi connectivity index (χ2n) is 7.14. The summed E-state index contributed by atoms with van der Waals surface area (Å²) in [6.07, 6.45) is 11.0. The van der Waals surface area contributed by atoms with Gasteiger partial charge in [-0.15, -0.1) is 0 Å². The molecule has 6 nitrogen and oxygen atoms in total. The van der Waals surface area contributed by atoms with Gasteiger partial charge in [0.15, 0.2) is 0 Å². The van der Waals surface area contributed by atoms with Crippen LogP contribution >= 0.6 is 0 Å². The number of rotatable bonds is 5. The normalized spacial score (nSPS) is 17.3. The maximum absolute atomic E-state index is 4.75. The van der Waals surface area contributed by atoms with E-state index < -0.39 is 0 Å². The molecule has 3 aromatic heterocycles. The molecule has 0 saturated carbocycles. The van der Waals surface area contributed by atoms with Crippen LogP contribution in [0.2, 0.25) is 0 Å². The Hall–Kier alpha value is -2.76. The van der Waals surface area contributed by atoms with Crippen LogP contribution in [-0.2, 0) is 13.0 Å². The van der Waals surface area contributed by atoms with Crippen LogP contribution in [-0.4, -0.2) is 37.6 Å². The Labute approximate surface area is 160 Å². The van der Waals surface area contributed by atoms with Gasteiger partial charge in [-0.05, 0) is 38.3 Å². The zero-order chi connectivity index (χ0) is 18.6. The molecule has 0 bridgehead atoms. The highest BCUT2D eigenvalue weighted by atomic mass is 15.2. The second-order valence-corrected chi connectivity index (χ2v) is 7.14. The molecule has 1 aliphatic heterocycles. The molecule has 1 unspecified atom stereocenters. The van der Waals surface area contributed by atoms with E-state index >= 15 is 0 Å². The standard InChI is InChI=1S/C21H26N6/c1-3-17-13-24-16(2)25-21(17)26-11-6-7-18(14-26)20-23-10-12-27(20)15-19-8-4-5-9-22-19/h4-5,8-10,12-13,18H,3,6-7,11,14-15H2,1-2H3. The first-order valence-corrected chi connectivity index (χ1v) is 9.73. The first kappa shape index (κ1) is 17.6. The number of hydrogen-bond acceptors (Lipinski definition) is 5. The summed E-state index contributed by atoms with van der Waals surface area (Å²) in [6.45, 7) is 6.88. The van der Waals surface area contributed by atoms with Gasteiger partial charge >= 0.3 is 0 Å². The summed E-state index contributed by atoms with van der Waals surface area (Å²) < 4.78 is 2.24. The largest absolute Gasteiger partial charge is 0.356 e. The van der Waals surface area contributed by atoms with E-state index in [2.05, 4.69) is 38.6 Å². The van der Waals surface area contributed by atoms with E-state index in [1.54, 1.807) is 0 Å². The number of hydrogen-bond donors (Lipinski definition) is 0. The summed E-state index contributed by atoms with van der Waals surface area (Å²) in [5, 5.41) is 0. The summed E-state index contributed by atoms with van der Waals surface area (Å²) in [5.74, 6) is 3.48. The predicted molar refractivity (Wildman–Crippen MR) is 106 cm³/mol. The summed E-state index contributed by atoms with van der Waals surface area (Å²) >= 11 is 0. The zero-order valence-corrected chi connectivity index (χ0v) is 16.0. The average Bonchev–Trinajstić information content (AvgIpc) is 3.17. The van der Waals surface area contributed by atoms with Crippen molar-refractivity contribution in [3.8, 4) is 0 Å². The number of pyridine rings is 1. The summed E-state index contributed by atoms with van der Waals surface area (Å²) in [5.41, 5.74) is 2.28. The van der Waals surface area contributed by atoms with Gasteiger partial charge in [-0.3, -0.25) is 4.98 Å². The number of nitrogens with zero attached hydrogens (tertiary/aromatic N) is 6. The molecule has 27 heavy (non-hydrogen) atoms. The van der Waals surface area contributed by atoms with Crippen molar-refractivity contribution in [2.45, 2.75) is 45.6 Å². The molecule has 6 heteroatoms. The van der Waals surface area contributed by atoms with Crippen LogP contribution in [0.5, 0.6) is 0 Å². The molecular formula is C21H26N6. The van der Waals surface area contributed by atoms with Gasteiger partial charge in [0, 0.05) is 49.4 Å². The molecular weight excluding hydrogens is 336 g/mol. The lowest BCUT2D eigenvalue weighted by atomic mass is 9.96. The molecule has 0 aromatic carbocycles. The molecule has 1 fully saturated rings. The minimum atomic E-state index is 0.400. The van der Waals surface area contributed by atoms with Gasteiger partial charge in [0.25, 0.3) is 0 Å². The SMILES string of the molecule is CCc1cnc(C)nc1N1CCCC(c2nccn2Cc2ccccn2)C1. The fraction of sp³-hybridized carbons (Fsp3) is 0.429. The lowest BCUT2D eigenvalue weighted by Gasteiger charge is -2.34. The molecule has 0 spiro atoms. The number of anilines is 1. The molecule has 4 heterocycles. The van der Waals surface area contributed by atoms with Crippen LogP contribution in [0.1, 0.15) is 48.6 Å². The van der Waals surface area contributed by atoms with Crippen LogP contribution in [0.3, 0.4) is 0 Å². The monoisotopic (exact) mass is 362 g/mol. The van der Waals surface area contributed by atoms with Gasteiger partial charge < -0.3 is 9.47 Å². The number of aryl methyl sites for hydroxylation is 2. The molecule has 3 aromatic rings. The van der Waals surface area contributed by atoms with Crippen molar-refractivity contribution in [2.24, 2.45) is 0 Å². The first-order chi connectivity index (χ1) is 13.2. The van der Waals surface area contributed by atoms with Crippen LogP contribution in [0.4, 0.5) is 5.82 Å². The van der Waals surface area contributed by atoms with Crippen molar-refractivity contribution < 1.29 is 0 Å². The third-order valence-electron chi connectivity index (χ3n) is 5.24. The van der Waals surface area contributed by atoms with E-state index in [0.29, 0.717) is 5.92 Å². The minimum Gasteiger partial charge on any atom is -0.356 e. The fourth-order valence-corrected chi connectivity index (χ4v) is 3.87. The van der Waals surface area contributed by atoms with E-state index in [0.717, 1.165) is 62.1 Å². The Balaban J connectivity index is 1.56. The van der Waals surface area contributed by atoms with Gasteiger partial charge in [0.2, 0.25) is 0 Å². The van der Waals surface area contributed by atoms with Crippen molar-refractivity contribution in [3.05, 3.63) is 65.9 Å². The number of imidazole rings is 1. The van der Waals surface area contributed by atoms with Gasteiger partial charge in [0.05, 0.1) is 12.2 Å². The molecule has 0 radical (unpaired) electrons. The number of aromatic nitrogens is 5. The fourth-order valence-electron chi connectivity index (χ4n) is 3.87. The highest BCUT2D eigenvalue weighted by Gasteiger charge is 2.26. The average molecular weight is 362 g/mol. The Morgan fingerprint density at radius 2 is 2.07 bits per heavy atom. The number of piperidine rings is 1. The molecule has 4 rings (SSSR count). The molecule has 0 N–H and O–H groups in total. The summed E-state index contributed by atoms with van der Waals surface area (Å²) in [4.78, 5) is 20.7. The molecule has 0 amide bonds. The van der Waals surface area contributed by atoms with E-state index in [9.17, 15) is 0 Å². The highest BCUT2D eigenvalue weighted by molar-refractivity contribution is 5.47. The molecule has 0 aliphatic carbocycles. The Morgan fingerprint density at radius 1 is 1.15 bits per heavy atom. The van der Waals surface area contributed by atoms with E-state index in [1.807, 2.05) is 37.6 Å². The van der Waals surface area contributed by atoms with Crippen LogP contribution in [0.25, 0.3) is 0 Å². The Bertz CT molecular complexity index is 889. The molecule has 140 valence electrons. The third kappa shape index (κ3) is 3.84. The van der Waals surface area contributed by atoms with Crippen molar-refractivity contribution in [2.75, 3.05) is 18.0 Å².